The summed E-state index contributed by atoms with van der Waals surface area (Å²) in [7, 11) is 3.18. The average Bonchev–Trinajstić information content (AvgIpc) is 2.91. The van der Waals surface area contributed by atoms with E-state index in [1.165, 1.54) is 0 Å². The maximum absolute atomic E-state index is 13.3. The van der Waals surface area contributed by atoms with E-state index in [2.05, 4.69) is 15.6 Å². The second-order valence-corrected chi connectivity index (χ2v) is 7.97. The molecule has 5 rings (SSSR count). The molecule has 4 aromatic rings. The van der Waals surface area contributed by atoms with Gasteiger partial charge in [-0.1, -0.05) is 30.3 Å². The molecule has 8 nitrogen and oxygen atoms in total. The Balaban J connectivity index is 1.37. The third-order valence-corrected chi connectivity index (χ3v) is 5.69. The lowest BCUT2D eigenvalue weighted by Gasteiger charge is -2.26. The number of ether oxygens (including phenoxy) is 4. The molecule has 0 saturated heterocycles. The second kappa shape index (κ2) is 9.80. The number of hydrogen-bond donors (Lipinski definition) is 2. The van der Waals surface area contributed by atoms with Gasteiger partial charge in [-0.3, -0.25) is 4.79 Å². The number of rotatable bonds is 7. The first kappa shape index (κ1) is 22.3. The van der Waals surface area contributed by atoms with Crippen molar-refractivity contribution in [1.29, 1.82) is 0 Å². The maximum Gasteiger partial charge on any atom is 0.252 e. The van der Waals surface area contributed by atoms with Crippen molar-refractivity contribution in [2.45, 2.75) is 6.10 Å². The summed E-state index contributed by atoms with van der Waals surface area (Å²) in [4.78, 5) is 17.9. The number of nitrogens with zero attached hydrogens (tertiary/aromatic N) is 1. The maximum atomic E-state index is 13.3. The molecule has 1 aromatic heterocycles. The van der Waals surface area contributed by atoms with Gasteiger partial charge in [-0.2, -0.15) is 0 Å². The highest BCUT2D eigenvalue weighted by molar-refractivity contribution is 6.07. The van der Waals surface area contributed by atoms with E-state index in [0.717, 1.165) is 5.39 Å². The van der Waals surface area contributed by atoms with Crippen LogP contribution in [0.25, 0.3) is 10.9 Å². The van der Waals surface area contributed by atoms with Crippen molar-refractivity contribution in [2.75, 3.05) is 32.7 Å². The zero-order chi connectivity index (χ0) is 24.2. The third kappa shape index (κ3) is 4.77. The Morgan fingerprint density at radius 3 is 2.63 bits per heavy atom. The van der Waals surface area contributed by atoms with Crippen molar-refractivity contribution in [3.05, 3.63) is 78.4 Å². The van der Waals surface area contributed by atoms with Crippen LogP contribution < -0.4 is 29.6 Å². The number of pyridine rings is 1. The molecule has 1 amide bonds. The van der Waals surface area contributed by atoms with E-state index >= 15 is 0 Å². The van der Waals surface area contributed by atoms with E-state index in [4.69, 9.17) is 18.9 Å². The predicted octanol–water partition coefficient (Wildman–Crippen LogP) is 4.57. The van der Waals surface area contributed by atoms with Gasteiger partial charge in [0.25, 0.3) is 5.91 Å². The number of carbonyl (C=O) groups is 1. The van der Waals surface area contributed by atoms with Crippen molar-refractivity contribution in [1.82, 2.24) is 10.3 Å². The van der Waals surface area contributed by atoms with Gasteiger partial charge in [-0.05, 0) is 36.4 Å². The minimum Gasteiger partial charge on any atom is -0.497 e. The average molecular weight is 472 g/mol. The molecule has 1 aliphatic rings. The summed E-state index contributed by atoms with van der Waals surface area (Å²) in [5, 5.41) is 7.00. The van der Waals surface area contributed by atoms with Crippen LogP contribution in [-0.2, 0) is 0 Å². The highest BCUT2D eigenvalue weighted by Gasteiger charge is 2.22. The van der Waals surface area contributed by atoms with Gasteiger partial charge < -0.3 is 29.6 Å². The van der Waals surface area contributed by atoms with Crippen molar-refractivity contribution in [3.63, 3.8) is 0 Å². The summed E-state index contributed by atoms with van der Waals surface area (Å²) in [5.41, 5.74) is 1.90. The van der Waals surface area contributed by atoms with Crippen LogP contribution in [0.3, 0.4) is 0 Å². The topological polar surface area (TPSA) is 90.9 Å². The molecular formula is C27H25N3O5. The molecule has 0 aliphatic carbocycles. The number of nitrogens with one attached hydrogen (secondary N) is 2. The van der Waals surface area contributed by atoms with Crippen molar-refractivity contribution in [3.8, 4) is 23.0 Å². The molecule has 0 radical (unpaired) electrons. The van der Waals surface area contributed by atoms with Crippen LogP contribution in [0, 0.1) is 0 Å². The van der Waals surface area contributed by atoms with Gasteiger partial charge in [-0.15, -0.1) is 0 Å². The zero-order valence-electron chi connectivity index (χ0n) is 19.4. The van der Waals surface area contributed by atoms with E-state index in [1.807, 2.05) is 60.7 Å². The van der Waals surface area contributed by atoms with Crippen LogP contribution in [0.5, 0.6) is 23.0 Å². The van der Waals surface area contributed by atoms with Gasteiger partial charge in [-0.25, -0.2) is 4.98 Å². The van der Waals surface area contributed by atoms with E-state index in [0.29, 0.717) is 58.7 Å². The molecule has 0 spiro atoms. The molecule has 0 unspecified atom stereocenters. The van der Waals surface area contributed by atoms with Crippen LogP contribution in [0.1, 0.15) is 10.4 Å². The lowest BCUT2D eigenvalue weighted by Crippen LogP contribution is -2.40. The van der Waals surface area contributed by atoms with Gasteiger partial charge in [0.1, 0.15) is 30.0 Å². The number of hydrogen-bond acceptors (Lipinski definition) is 7. The fourth-order valence-electron chi connectivity index (χ4n) is 3.93. The van der Waals surface area contributed by atoms with E-state index in [-0.39, 0.29) is 12.0 Å². The van der Waals surface area contributed by atoms with Gasteiger partial charge in [0.05, 0.1) is 37.5 Å². The van der Waals surface area contributed by atoms with Crippen molar-refractivity contribution in [2.24, 2.45) is 0 Å². The molecule has 0 saturated carbocycles. The second-order valence-electron chi connectivity index (χ2n) is 7.97. The smallest absolute Gasteiger partial charge is 0.252 e. The minimum atomic E-state index is -0.289. The Morgan fingerprint density at radius 2 is 1.80 bits per heavy atom. The zero-order valence-corrected chi connectivity index (χ0v) is 19.4. The fourth-order valence-corrected chi connectivity index (χ4v) is 3.93. The summed E-state index contributed by atoms with van der Waals surface area (Å²) in [6.07, 6.45) is -0.289. The molecule has 2 heterocycles. The van der Waals surface area contributed by atoms with Crippen LogP contribution >= 0.6 is 0 Å². The number of para-hydroxylation sites is 3. The Kier molecular flexibility index (Phi) is 6.26. The number of anilines is 2. The molecule has 35 heavy (non-hydrogen) atoms. The van der Waals surface area contributed by atoms with E-state index < -0.39 is 0 Å². The minimum absolute atomic E-state index is 0.226. The van der Waals surface area contributed by atoms with Gasteiger partial charge >= 0.3 is 0 Å². The largest absolute Gasteiger partial charge is 0.497 e. The number of benzene rings is 3. The Hall–Kier alpha value is -4.46. The van der Waals surface area contributed by atoms with Gasteiger partial charge in [0, 0.05) is 11.5 Å². The SMILES string of the molecule is COc1ccc(Nc2cc(C(=O)NC[C@@H]3COc4ccccc4O3)c3ccccc3n2)c(OC)c1. The molecule has 0 bridgehead atoms. The van der Waals surface area contributed by atoms with Crippen LogP contribution in [0.4, 0.5) is 11.5 Å². The lowest BCUT2D eigenvalue weighted by molar-refractivity contribution is 0.0790. The molecule has 0 fully saturated rings. The molecule has 1 aliphatic heterocycles. The lowest BCUT2D eigenvalue weighted by atomic mass is 10.1. The normalized spacial score (nSPS) is 14.3. The highest BCUT2D eigenvalue weighted by atomic mass is 16.6. The summed E-state index contributed by atoms with van der Waals surface area (Å²) < 4.78 is 22.5. The summed E-state index contributed by atoms with van der Waals surface area (Å²) in [5.74, 6) is 2.95. The third-order valence-electron chi connectivity index (χ3n) is 5.69. The van der Waals surface area contributed by atoms with E-state index in [9.17, 15) is 4.79 Å². The number of amides is 1. The van der Waals surface area contributed by atoms with Crippen molar-refractivity contribution >= 4 is 28.3 Å². The number of aromatic nitrogens is 1. The number of methoxy groups -OCH3 is 2. The Labute approximate surface area is 202 Å². The fraction of sp³-hybridized carbons (Fsp3) is 0.185. The molecule has 178 valence electrons. The predicted molar refractivity (Wildman–Crippen MR) is 133 cm³/mol. The first-order valence-electron chi connectivity index (χ1n) is 11.2. The standard InChI is InChI=1S/C27H25N3O5/c1-32-17-11-12-22(25(13-17)33-2)30-26-14-20(19-7-3-4-8-21(19)29-26)27(31)28-15-18-16-34-23-9-5-6-10-24(23)35-18/h3-14,18H,15-16H2,1-2H3,(H,28,31)(H,29,30)/t18-/m1/s1. The van der Waals surface area contributed by atoms with Crippen molar-refractivity contribution < 1.29 is 23.7 Å². The summed E-state index contributed by atoms with van der Waals surface area (Å²) in [6, 6.07) is 22.2. The van der Waals surface area contributed by atoms with Gasteiger partial charge in [0.15, 0.2) is 11.5 Å². The van der Waals surface area contributed by atoms with Crippen LogP contribution in [0.2, 0.25) is 0 Å². The summed E-state index contributed by atoms with van der Waals surface area (Å²) >= 11 is 0. The highest BCUT2D eigenvalue weighted by Crippen LogP contribution is 2.33. The number of carbonyl (C=O) groups excluding carboxylic acids is 1. The monoisotopic (exact) mass is 471 g/mol. The molecule has 3 aromatic carbocycles. The molecule has 8 heteroatoms. The first-order chi connectivity index (χ1) is 17.1. The van der Waals surface area contributed by atoms with Crippen LogP contribution in [0.15, 0.2) is 72.8 Å². The Morgan fingerprint density at radius 1 is 1.00 bits per heavy atom. The number of fused-ring (bicyclic) bond motifs is 2. The van der Waals surface area contributed by atoms with Gasteiger partial charge in [0.2, 0.25) is 0 Å². The molecule has 1 atom stereocenters. The molecule has 2 N–H and O–H groups in total. The molecular weight excluding hydrogens is 446 g/mol. The summed E-state index contributed by atoms with van der Waals surface area (Å²) in [6.45, 7) is 0.664. The van der Waals surface area contributed by atoms with E-state index in [1.54, 1.807) is 26.4 Å². The van der Waals surface area contributed by atoms with Crippen LogP contribution in [-0.4, -0.2) is 44.4 Å². The Bertz CT molecular complexity index is 1370. The quantitative estimate of drug-likeness (QED) is 0.408. The first-order valence-corrected chi connectivity index (χ1v) is 11.2.